The Kier molecular flexibility index (Phi) is 6.48. The molecule has 1 heterocycles. The number of benzene rings is 1. The average Bonchev–Trinajstić information content (AvgIpc) is 2.52. The summed E-state index contributed by atoms with van der Waals surface area (Å²) in [5.41, 5.74) is 2.56. The molecule has 1 aromatic carbocycles. The van der Waals surface area contributed by atoms with Gasteiger partial charge in [-0.1, -0.05) is 26.0 Å². The van der Waals surface area contributed by atoms with Gasteiger partial charge >= 0.3 is 0 Å². The third kappa shape index (κ3) is 4.84. The molecule has 0 aliphatic rings. The van der Waals surface area contributed by atoms with Crippen molar-refractivity contribution in [2.45, 2.75) is 26.7 Å². The smallest absolute Gasteiger partial charge is 0.257 e. The normalized spacial score (nSPS) is 10.6. The first kappa shape index (κ1) is 19.0. The van der Waals surface area contributed by atoms with Crippen molar-refractivity contribution >= 4 is 60.9 Å². The number of rotatable bonds is 3. The summed E-state index contributed by atoms with van der Waals surface area (Å²) in [6.45, 7) is 6.10. The quantitative estimate of drug-likeness (QED) is 0.608. The number of carbonyl (C=O) groups excluding carboxylic acids is 1. The number of aromatic nitrogens is 1. The lowest BCUT2D eigenvalue weighted by Crippen LogP contribution is -2.34. The van der Waals surface area contributed by atoms with Gasteiger partial charge < -0.3 is 5.32 Å². The van der Waals surface area contributed by atoms with Crippen LogP contribution >= 0.6 is 44.1 Å². The van der Waals surface area contributed by atoms with Gasteiger partial charge in [0.15, 0.2) is 5.11 Å². The van der Waals surface area contributed by atoms with Crippen molar-refractivity contribution in [1.29, 1.82) is 0 Å². The van der Waals surface area contributed by atoms with Crippen LogP contribution < -0.4 is 10.6 Å². The number of thiocarbonyl (C=S) groups is 1. The Morgan fingerprint density at radius 3 is 2.38 bits per heavy atom. The Morgan fingerprint density at radius 2 is 1.79 bits per heavy atom. The number of hydrogen-bond donors (Lipinski definition) is 2. The molecule has 126 valence electrons. The third-order valence-electron chi connectivity index (χ3n) is 3.40. The molecule has 0 saturated heterocycles. The van der Waals surface area contributed by atoms with Gasteiger partial charge in [-0.2, -0.15) is 0 Å². The number of carbonyl (C=O) groups is 1. The van der Waals surface area contributed by atoms with Crippen LogP contribution in [0.25, 0.3) is 0 Å². The van der Waals surface area contributed by atoms with E-state index in [0.717, 1.165) is 14.6 Å². The highest BCUT2D eigenvalue weighted by molar-refractivity contribution is 9.11. The molecule has 0 aliphatic carbocycles. The number of halogens is 2. The molecule has 0 spiro atoms. The molecule has 0 radical (unpaired) electrons. The first-order valence-corrected chi connectivity index (χ1v) is 9.32. The van der Waals surface area contributed by atoms with Crippen molar-refractivity contribution in [3.63, 3.8) is 0 Å². The summed E-state index contributed by atoms with van der Waals surface area (Å²) in [5, 5.41) is 5.79. The topological polar surface area (TPSA) is 54.0 Å². The molecule has 1 aromatic heterocycles. The lowest BCUT2D eigenvalue weighted by molar-refractivity contribution is 0.0977. The summed E-state index contributed by atoms with van der Waals surface area (Å²) in [6, 6.07) is 9.37. The maximum atomic E-state index is 12.3. The van der Waals surface area contributed by atoms with Gasteiger partial charge in [-0.15, -0.1) is 0 Å². The van der Waals surface area contributed by atoms with Gasteiger partial charge in [0.05, 0.1) is 10.2 Å². The zero-order valence-corrected chi connectivity index (χ0v) is 17.5. The lowest BCUT2D eigenvalue weighted by atomic mass is 10.0. The fourth-order valence-electron chi connectivity index (χ4n) is 1.98. The van der Waals surface area contributed by atoms with Crippen molar-refractivity contribution in [2.24, 2.45) is 0 Å². The molecule has 7 heteroatoms. The zero-order chi connectivity index (χ0) is 17.9. The second-order valence-electron chi connectivity index (χ2n) is 5.57. The minimum Gasteiger partial charge on any atom is -0.316 e. The van der Waals surface area contributed by atoms with Crippen LogP contribution in [-0.2, 0) is 0 Å². The van der Waals surface area contributed by atoms with Gasteiger partial charge in [-0.3, -0.25) is 10.1 Å². The molecule has 1 amide bonds. The van der Waals surface area contributed by atoms with E-state index in [0.29, 0.717) is 17.3 Å². The molecule has 0 bridgehead atoms. The summed E-state index contributed by atoms with van der Waals surface area (Å²) in [7, 11) is 0. The maximum Gasteiger partial charge on any atom is 0.257 e. The van der Waals surface area contributed by atoms with Crippen LogP contribution in [0.3, 0.4) is 0 Å². The number of amides is 1. The molecule has 24 heavy (non-hydrogen) atoms. The van der Waals surface area contributed by atoms with E-state index >= 15 is 0 Å². The molecule has 0 saturated carbocycles. The minimum atomic E-state index is -0.257. The van der Waals surface area contributed by atoms with Crippen molar-refractivity contribution < 1.29 is 4.79 Å². The van der Waals surface area contributed by atoms with E-state index in [2.05, 4.69) is 61.3 Å². The van der Waals surface area contributed by atoms with E-state index in [1.54, 1.807) is 12.1 Å². The van der Waals surface area contributed by atoms with E-state index in [1.807, 2.05) is 25.1 Å². The van der Waals surface area contributed by atoms with Crippen LogP contribution in [0.5, 0.6) is 0 Å². The first-order chi connectivity index (χ1) is 11.3. The minimum absolute atomic E-state index is 0.197. The molecule has 2 rings (SSSR count). The summed E-state index contributed by atoms with van der Waals surface area (Å²) in [6.07, 6.45) is 0. The summed E-state index contributed by atoms with van der Waals surface area (Å²) < 4.78 is 1.64. The van der Waals surface area contributed by atoms with Crippen LogP contribution in [0.4, 0.5) is 5.82 Å². The highest BCUT2D eigenvalue weighted by Crippen LogP contribution is 2.26. The van der Waals surface area contributed by atoms with Gasteiger partial charge in [0.2, 0.25) is 0 Å². The van der Waals surface area contributed by atoms with Crippen molar-refractivity contribution in [1.82, 2.24) is 10.3 Å². The van der Waals surface area contributed by atoms with E-state index < -0.39 is 0 Å². The fraction of sp³-hybridized carbons (Fsp3) is 0.235. The van der Waals surface area contributed by atoms with E-state index in [-0.39, 0.29) is 11.0 Å². The van der Waals surface area contributed by atoms with E-state index in [4.69, 9.17) is 12.2 Å². The Labute approximate surface area is 163 Å². The zero-order valence-electron chi connectivity index (χ0n) is 13.5. The number of nitrogens with zero attached hydrogens (tertiary/aromatic N) is 1. The number of hydrogen-bond acceptors (Lipinski definition) is 3. The molecule has 0 fully saturated rings. The van der Waals surface area contributed by atoms with Gasteiger partial charge in [0, 0.05) is 10.0 Å². The van der Waals surface area contributed by atoms with E-state index in [1.165, 1.54) is 5.56 Å². The second kappa shape index (κ2) is 8.18. The Morgan fingerprint density at radius 1 is 1.17 bits per heavy atom. The maximum absolute atomic E-state index is 12.3. The van der Waals surface area contributed by atoms with Crippen molar-refractivity contribution in [3.05, 3.63) is 56.1 Å². The molecule has 4 nitrogen and oxygen atoms in total. The van der Waals surface area contributed by atoms with Gasteiger partial charge in [0.25, 0.3) is 5.91 Å². The molecule has 0 aliphatic heterocycles. The SMILES string of the molecule is Cc1nc(NC(=S)NC(=O)c2ccc(C(C)C)cc2)c(Br)cc1Br. The van der Waals surface area contributed by atoms with Crippen molar-refractivity contribution in [3.8, 4) is 0 Å². The highest BCUT2D eigenvalue weighted by atomic mass is 79.9. The average molecular weight is 471 g/mol. The van der Waals surface area contributed by atoms with Crippen LogP contribution in [0.15, 0.2) is 39.3 Å². The van der Waals surface area contributed by atoms with E-state index in [9.17, 15) is 4.79 Å². The number of anilines is 1. The largest absolute Gasteiger partial charge is 0.316 e. The molecular weight excluding hydrogens is 454 g/mol. The standard InChI is InChI=1S/C17H17Br2N3OS/c1-9(2)11-4-6-12(7-5-11)16(23)22-17(24)21-15-14(19)8-13(18)10(3)20-15/h4-9H,1-3H3,(H2,20,21,22,23,24). The molecule has 0 atom stereocenters. The lowest BCUT2D eigenvalue weighted by Gasteiger charge is -2.12. The van der Waals surface area contributed by atoms with Crippen molar-refractivity contribution in [2.75, 3.05) is 5.32 Å². The van der Waals surface area contributed by atoms with Crippen LogP contribution in [-0.4, -0.2) is 16.0 Å². The number of pyridine rings is 1. The van der Waals surface area contributed by atoms with Crippen LogP contribution in [0.1, 0.15) is 41.4 Å². The first-order valence-electron chi connectivity index (χ1n) is 7.33. The van der Waals surface area contributed by atoms with Crippen LogP contribution in [0, 0.1) is 6.92 Å². The van der Waals surface area contributed by atoms with Gasteiger partial charge in [0.1, 0.15) is 5.82 Å². The summed E-state index contributed by atoms with van der Waals surface area (Å²) in [4.78, 5) is 16.6. The monoisotopic (exact) mass is 469 g/mol. The van der Waals surface area contributed by atoms with Crippen LogP contribution in [0.2, 0.25) is 0 Å². The predicted octanol–water partition coefficient (Wildman–Crippen LogP) is 5.17. The van der Waals surface area contributed by atoms with Gasteiger partial charge in [-0.05, 0) is 80.7 Å². The summed E-state index contributed by atoms with van der Waals surface area (Å²) in [5.74, 6) is 0.720. The second-order valence-corrected chi connectivity index (χ2v) is 7.69. The Hall–Kier alpha value is -1.31. The number of nitrogens with one attached hydrogen (secondary N) is 2. The predicted molar refractivity (Wildman–Crippen MR) is 109 cm³/mol. The molecule has 2 N–H and O–H groups in total. The molecular formula is C17H17Br2N3OS. The van der Waals surface area contributed by atoms with Gasteiger partial charge in [-0.25, -0.2) is 4.98 Å². The number of aryl methyl sites for hydroxylation is 1. The third-order valence-corrected chi connectivity index (χ3v) is 5.01. The Balaban J connectivity index is 2.04. The summed E-state index contributed by atoms with van der Waals surface area (Å²) >= 11 is 12.0. The highest BCUT2D eigenvalue weighted by Gasteiger charge is 2.11. The Bertz CT molecular complexity index is 776. The molecule has 2 aromatic rings. The fourth-order valence-corrected chi connectivity index (χ4v) is 3.21. The molecule has 0 unspecified atom stereocenters.